The molecule has 1 heterocycles. The summed E-state index contributed by atoms with van der Waals surface area (Å²) in [5.41, 5.74) is 1.95. The fourth-order valence-corrected chi connectivity index (χ4v) is 3.08. The molecule has 0 bridgehead atoms. The van der Waals surface area contributed by atoms with Crippen LogP contribution in [0.15, 0.2) is 60.7 Å². The molecule has 0 N–H and O–H groups in total. The molecule has 1 aliphatic rings. The summed E-state index contributed by atoms with van der Waals surface area (Å²) in [4.78, 5) is 16.9. The van der Waals surface area contributed by atoms with Crippen molar-refractivity contribution < 1.29 is 9.53 Å². The summed E-state index contributed by atoms with van der Waals surface area (Å²) in [5, 5.41) is 0. The lowest BCUT2D eigenvalue weighted by atomic mass is 10.1. The number of carbonyl (C=O) groups excluding carboxylic acids is 1. The zero-order valence-corrected chi connectivity index (χ0v) is 15.3. The quantitative estimate of drug-likeness (QED) is 0.799. The Morgan fingerprint density at radius 2 is 1.69 bits per heavy atom. The first kappa shape index (κ1) is 18.2. The largest absolute Gasteiger partial charge is 0.494 e. The Labute approximate surface area is 155 Å². The highest BCUT2D eigenvalue weighted by Crippen LogP contribution is 2.15. The molecule has 1 fully saturated rings. The van der Waals surface area contributed by atoms with Crippen molar-refractivity contribution in [2.24, 2.45) is 0 Å². The summed E-state index contributed by atoms with van der Waals surface area (Å²) in [6, 6.07) is 17.7. The first-order valence-corrected chi connectivity index (χ1v) is 9.22. The highest BCUT2D eigenvalue weighted by Gasteiger charge is 2.21. The Hall–Kier alpha value is -2.59. The minimum absolute atomic E-state index is 0.104. The van der Waals surface area contributed by atoms with Crippen molar-refractivity contribution in [2.45, 2.75) is 6.92 Å². The van der Waals surface area contributed by atoms with E-state index in [1.807, 2.05) is 54.3 Å². The van der Waals surface area contributed by atoms with Gasteiger partial charge in [-0.1, -0.05) is 42.5 Å². The molecule has 4 nitrogen and oxygen atoms in total. The van der Waals surface area contributed by atoms with Gasteiger partial charge in [0.05, 0.1) is 6.61 Å². The molecular formula is C22H26N2O2. The summed E-state index contributed by atoms with van der Waals surface area (Å²) in [6.07, 6.45) is 4.34. The fourth-order valence-electron chi connectivity index (χ4n) is 3.08. The number of hydrogen-bond acceptors (Lipinski definition) is 3. The number of hydrogen-bond donors (Lipinski definition) is 0. The van der Waals surface area contributed by atoms with Gasteiger partial charge in [-0.25, -0.2) is 0 Å². The van der Waals surface area contributed by atoms with Crippen molar-refractivity contribution in [1.29, 1.82) is 0 Å². The molecule has 26 heavy (non-hydrogen) atoms. The third kappa shape index (κ3) is 4.96. The fraction of sp³-hybridized carbons (Fsp3) is 0.318. The van der Waals surface area contributed by atoms with Gasteiger partial charge in [0, 0.05) is 38.3 Å². The normalized spacial score (nSPS) is 15.3. The molecule has 136 valence electrons. The molecule has 4 heteroatoms. The Morgan fingerprint density at radius 3 is 2.35 bits per heavy atom. The van der Waals surface area contributed by atoms with Gasteiger partial charge in [-0.05, 0) is 36.8 Å². The van der Waals surface area contributed by atoms with Crippen LogP contribution in [-0.2, 0) is 0 Å². The highest BCUT2D eigenvalue weighted by atomic mass is 16.5. The summed E-state index contributed by atoms with van der Waals surface area (Å²) in [5.74, 6) is 0.909. The molecule has 1 amide bonds. The molecule has 3 rings (SSSR count). The summed E-state index contributed by atoms with van der Waals surface area (Å²) < 4.78 is 5.43. The third-order valence-corrected chi connectivity index (χ3v) is 4.55. The molecule has 2 aromatic rings. The van der Waals surface area contributed by atoms with Gasteiger partial charge >= 0.3 is 0 Å². The Balaban J connectivity index is 1.47. The van der Waals surface area contributed by atoms with E-state index in [4.69, 9.17) is 4.74 Å². The van der Waals surface area contributed by atoms with Crippen molar-refractivity contribution >= 4 is 12.0 Å². The Morgan fingerprint density at radius 1 is 1.00 bits per heavy atom. The van der Waals surface area contributed by atoms with Gasteiger partial charge in [0.2, 0.25) is 0 Å². The molecular weight excluding hydrogens is 324 g/mol. The van der Waals surface area contributed by atoms with Gasteiger partial charge in [0.15, 0.2) is 0 Å². The van der Waals surface area contributed by atoms with E-state index in [0.717, 1.165) is 44.0 Å². The highest BCUT2D eigenvalue weighted by molar-refractivity contribution is 5.94. The third-order valence-electron chi connectivity index (χ3n) is 4.55. The monoisotopic (exact) mass is 350 g/mol. The van der Waals surface area contributed by atoms with E-state index in [1.54, 1.807) is 0 Å². The van der Waals surface area contributed by atoms with Gasteiger partial charge in [-0.3, -0.25) is 9.69 Å². The molecule has 0 spiro atoms. The van der Waals surface area contributed by atoms with Crippen LogP contribution in [-0.4, -0.2) is 55.0 Å². The molecule has 0 saturated carbocycles. The lowest BCUT2D eigenvalue weighted by molar-refractivity contribution is 0.0650. The first-order chi connectivity index (χ1) is 12.8. The minimum atomic E-state index is 0.104. The van der Waals surface area contributed by atoms with E-state index >= 15 is 0 Å². The Bertz CT molecular complexity index is 718. The van der Waals surface area contributed by atoms with Crippen LogP contribution in [0.3, 0.4) is 0 Å². The lowest BCUT2D eigenvalue weighted by Crippen LogP contribution is -2.48. The second-order valence-corrected chi connectivity index (χ2v) is 6.36. The smallest absolute Gasteiger partial charge is 0.253 e. The van der Waals surface area contributed by atoms with E-state index < -0.39 is 0 Å². The van der Waals surface area contributed by atoms with Crippen LogP contribution in [0.4, 0.5) is 0 Å². The Kier molecular flexibility index (Phi) is 6.45. The summed E-state index contributed by atoms with van der Waals surface area (Å²) >= 11 is 0. The molecule has 2 aromatic carbocycles. The van der Waals surface area contributed by atoms with Crippen molar-refractivity contribution in [3.8, 4) is 5.75 Å². The number of ether oxygens (including phenoxy) is 1. The molecule has 0 unspecified atom stereocenters. The van der Waals surface area contributed by atoms with Crippen LogP contribution >= 0.6 is 0 Å². The maximum atomic E-state index is 12.6. The predicted octanol–water partition coefficient (Wildman–Crippen LogP) is 3.56. The van der Waals surface area contributed by atoms with Crippen LogP contribution in [0, 0.1) is 0 Å². The number of carbonyl (C=O) groups is 1. The summed E-state index contributed by atoms with van der Waals surface area (Å²) in [7, 11) is 0. The second kappa shape index (κ2) is 9.20. The van der Waals surface area contributed by atoms with E-state index in [0.29, 0.717) is 6.61 Å². The van der Waals surface area contributed by atoms with E-state index in [2.05, 4.69) is 29.2 Å². The van der Waals surface area contributed by atoms with Gasteiger partial charge in [0.1, 0.15) is 5.75 Å². The molecule has 0 aromatic heterocycles. The van der Waals surface area contributed by atoms with Gasteiger partial charge in [-0.15, -0.1) is 0 Å². The number of nitrogens with zero attached hydrogens (tertiary/aromatic N) is 2. The van der Waals surface area contributed by atoms with Crippen LogP contribution in [0.2, 0.25) is 0 Å². The number of piperazine rings is 1. The number of amides is 1. The average molecular weight is 350 g/mol. The standard InChI is InChI=1S/C22H26N2O2/c1-2-26-21-12-10-20(11-13-21)22(25)24-17-15-23(16-18-24)14-6-9-19-7-4-3-5-8-19/h3-13H,2,14-18H2,1H3. The SMILES string of the molecule is CCOc1ccc(C(=O)N2CCN(CC=Cc3ccccc3)CC2)cc1. The van der Waals surface area contributed by atoms with Crippen molar-refractivity contribution in [3.05, 3.63) is 71.8 Å². The van der Waals surface area contributed by atoms with Crippen LogP contribution < -0.4 is 4.74 Å². The molecule has 0 radical (unpaired) electrons. The topological polar surface area (TPSA) is 32.8 Å². The van der Waals surface area contributed by atoms with Crippen molar-refractivity contribution in [2.75, 3.05) is 39.3 Å². The zero-order valence-electron chi connectivity index (χ0n) is 15.3. The van der Waals surface area contributed by atoms with Crippen LogP contribution in [0.25, 0.3) is 6.08 Å². The van der Waals surface area contributed by atoms with Crippen LogP contribution in [0.5, 0.6) is 5.75 Å². The maximum absolute atomic E-state index is 12.6. The molecule has 0 aliphatic carbocycles. The van der Waals surface area contributed by atoms with Gasteiger partial charge < -0.3 is 9.64 Å². The minimum Gasteiger partial charge on any atom is -0.494 e. The number of benzene rings is 2. The zero-order chi connectivity index (χ0) is 18.2. The van der Waals surface area contributed by atoms with E-state index in [9.17, 15) is 4.79 Å². The second-order valence-electron chi connectivity index (χ2n) is 6.36. The first-order valence-electron chi connectivity index (χ1n) is 9.22. The van der Waals surface area contributed by atoms with Crippen molar-refractivity contribution in [3.63, 3.8) is 0 Å². The number of rotatable bonds is 6. The lowest BCUT2D eigenvalue weighted by Gasteiger charge is -2.34. The molecule has 1 aliphatic heterocycles. The van der Waals surface area contributed by atoms with Crippen molar-refractivity contribution in [1.82, 2.24) is 9.80 Å². The maximum Gasteiger partial charge on any atom is 0.253 e. The van der Waals surface area contributed by atoms with E-state index in [-0.39, 0.29) is 5.91 Å². The average Bonchev–Trinajstić information content (AvgIpc) is 2.70. The van der Waals surface area contributed by atoms with Gasteiger partial charge in [0.25, 0.3) is 5.91 Å². The summed E-state index contributed by atoms with van der Waals surface area (Å²) in [6.45, 7) is 6.85. The van der Waals surface area contributed by atoms with E-state index in [1.165, 1.54) is 5.56 Å². The molecule has 0 atom stereocenters. The van der Waals surface area contributed by atoms with Crippen LogP contribution in [0.1, 0.15) is 22.8 Å². The van der Waals surface area contributed by atoms with Gasteiger partial charge in [-0.2, -0.15) is 0 Å². The molecule has 1 saturated heterocycles. The predicted molar refractivity (Wildman–Crippen MR) is 105 cm³/mol.